The van der Waals surface area contributed by atoms with Gasteiger partial charge in [0.05, 0.1) is 13.2 Å². The number of hydrogen-bond donors (Lipinski definition) is 2. The summed E-state index contributed by atoms with van der Waals surface area (Å²) in [6, 6.07) is 0. The molecule has 1 rings (SSSR count). The van der Waals surface area contributed by atoms with Crippen molar-refractivity contribution in [1.82, 2.24) is 0 Å². The Morgan fingerprint density at radius 3 is 2.68 bits per heavy atom. The van der Waals surface area contributed by atoms with Crippen molar-refractivity contribution in [3.8, 4) is 12.3 Å². The van der Waals surface area contributed by atoms with E-state index >= 15 is 0 Å². The number of carbonyl (C=O) groups is 2. The average molecular weight is 393 g/mol. The lowest BCUT2D eigenvalue weighted by atomic mass is 9.87. The van der Waals surface area contributed by atoms with Crippen LogP contribution in [0.15, 0.2) is 12.2 Å². The summed E-state index contributed by atoms with van der Waals surface area (Å²) in [5.74, 6) is 2.00. The number of aliphatic hydroxyl groups is 2. The summed E-state index contributed by atoms with van der Waals surface area (Å²) in [6.45, 7) is 2.05. The summed E-state index contributed by atoms with van der Waals surface area (Å²) in [7, 11) is 1.39. The molecule has 0 heterocycles. The van der Waals surface area contributed by atoms with E-state index in [-0.39, 0.29) is 30.0 Å². The van der Waals surface area contributed by atoms with Gasteiger partial charge in [-0.3, -0.25) is 9.59 Å². The Bertz CT molecular complexity index is 562. The van der Waals surface area contributed by atoms with Crippen molar-refractivity contribution in [2.24, 2.45) is 11.8 Å². The van der Waals surface area contributed by atoms with Crippen LogP contribution in [0.1, 0.15) is 77.6 Å². The van der Waals surface area contributed by atoms with Gasteiger partial charge in [-0.25, -0.2) is 0 Å². The van der Waals surface area contributed by atoms with Gasteiger partial charge in [0.25, 0.3) is 0 Å². The Balaban J connectivity index is 2.49. The van der Waals surface area contributed by atoms with Crippen molar-refractivity contribution in [3.63, 3.8) is 0 Å². The number of carbonyl (C=O) groups excluding carboxylic acids is 2. The van der Waals surface area contributed by atoms with Gasteiger partial charge < -0.3 is 14.9 Å². The molecular weight excluding hydrogens is 356 g/mol. The lowest BCUT2D eigenvalue weighted by Crippen LogP contribution is -2.25. The van der Waals surface area contributed by atoms with Crippen LogP contribution in [0.25, 0.3) is 0 Å². The number of unbranched alkanes of at least 4 members (excludes halogenated alkanes) is 4. The fourth-order valence-corrected chi connectivity index (χ4v) is 3.80. The fraction of sp³-hybridized carbons (Fsp3) is 0.739. The molecule has 0 saturated heterocycles. The van der Waals surface area contributed by atoms with Gasteiger partial charge in [0, 0.05) is 31.1 Å². The first-order valence-electron chi connectivity index (χ1n) is 10.5. The zero-order valence-electron chi connectivity index (χ0n) is 17.4. The first kappa shape index (κ1) is 24.4. The number of aliphatic hydroxyl groups excluding tert-OH is 1. The van der Waals surface area contributed by atoms with Crippen LogP contribution in [0.5, 0.6) is 0 Å². The second-order valence-corrected chi connectivity index (χ2v) is 7.86. The number of Topliss-reactive ketones (excluding diaryl/α,β-unsaturated/α-hetero) is 1. The Morgan fingerprint density at radius 1 is 1.32 bits per heavy atom. The maximum absolute atomic E-state index is 12.3. The lowest BCUT2D eigenvalue weighted by molar-refractivity contribution is -0.140. The van der Waals surface area contributed by atoms with Crippen LogP contribution in [-0.4, -0.2) is 40.8 Å². The number of esters is 1. The SMILES string of the molecule is C#CC(O)(CC=C[C@H]1[C@H](O)CC(=O)[C@@H]1CCCCCCC(=O)OC)CCCC. The molecule has 1 aliphatic rings. The van der Waals surface area contributed by atoms with Crippen molar-refractivity contribution in [2.75, 3.05) is 7.11 Å². The molecule has 1 fully saturated rings. The third-order valence-corrected chi connectivity index (χ3v) is 5.63. The zero-order chi connectivity index (χ0) is 21.0. The number of ether oxygens (including phenoxy) is 1. The second kappa shape index (κ2) is 12.7. The molecule has 0 amide bonds. The molecule has 0 aromatic heterocycles. The quantitative estimate of drug-likeness (QED) is 0.217. The summed E-state index contributed by atoms with van der Waals surface area (Å²) in [6.07, 6.45) is 16.1. The Morgan fingerprint density at radius 2 is 2.04 bits per heavy atom. The van der Waals surface area contributed by atoms with E-state index in [0.717, 1.165) is 44.9 Å². The molecule has 1 aliphatic carbocycles. The minimum Gasteiger partial charge on any atom is -0.469 e. The highest BCUT2D eigenvalue weighted by Crippen LogP contribution is 2.34. The topological polar surface area (TPSA) is 83.8 Å². The fourth-order valence-electron chi connectivity index (χ4n) is 3.80. The second-order valence-electron chi connectivity index (χ2n) is 7.86. The summed E-state index contributed by atoms with van der Waals surface area (Å²) in [5, 5.41) is 20.7. The van der Waals surface area contributed by atoms with Crippen molar-refractivity contribution >= 4 is 11.8 Å². The number of methoxy groups -OCH3 is 1. The van der Waals surface area contributed by atoms with Gasteiger partial charge in [-0.2, -0.15) is 0 Å². The molecular formula is C23H36O5. The summed E-state index contributed by atoms with van der Waals surface area (Å²) in [4.78, 5) is 23.4. The number of terminal acetylenes is 1. The molecule has 0 bridgehead atoms. The molecule has 0 radical (unpaired) electrons. The van der Waals surface area contributed by atoms with Crippen molar-refractivity contribution in [1.29, 1.82) is 0 Å². The van der Waals surface area contributed by atoms with E-state index in [1.807, 2.05) is 19.1 Å². The molecule has 158 valence electrons. The molecule has 1 saturated carbocycles. The average Bonchev–Trinajstić information content (AvgIpc) is 2.95. The van der Waals surface area contributed by atoms with Crippen molar-refractivity contribution in [3.05, 3.63) is 12.2 Å². The van der Waals surface area contributed by atoms with E-state index in [0.29, 0.717) is 19.3 Å². The first-order valence-corrected chi connectivity index (χ1v) is 10.5. The van der Waals surface area contributed by atoms with Gasteiger partial charge in [0.2, 0.25) is 0 Å². The molecule has 0 aromatic rings. The molecule has 0 spiro atoms. The highest BCUT2D eigenvalue weighted by Gasteiger charge is 2.39. The Labute approximate surface area is 169 Å². The van der Waals surface area contributed by atoms with Crippen LogP contribution in [0.3, 0.4) is 0 Å². The maximum atomic E-state index is 12.3. The van der Waals surface area contributed by atoms with E-state index in [4.69, 9.17) is 6.42 Å². The standard InChI is InChI=1S/C23H36O5/c1-4-6-15-23(27,5-2)16-11-13-19-18(20(24)17-21(19)25)12-9-7-8-10-14-22(26)28-3/h2,11,13,18-19,21,25,27H,4,6-10,12,14-17H2,1,3H3/t18-,19-,21-,23?/m1/s1. The Hall–Kier alpha value is -1.64. The van der Waals surface area contributed by atoms with Gasteiger partial charge in [0.1, 0.15) is 11.4 Å². The molecule has 5 nitrogen and oxygen atoms in total. The molecule has 1 unspecified atom stereocenters. The van der Waals surface area contributed by atoms with Gasteiger partial charge in [-0.05, 0) is 25.7 Å². The lowest BCUT2D eigenvalue weighted by Gasteiger charge is -2.21. The smallest absolute Gasteiger partial charge is 0.305 e. The molecule has 0 aromatic carbocycles. The number of rotatable bonds is 13. The maximum Gasteiger partial charge on any atom is 0.305 e. The van der Waals surface area contributed by atoms with Gasteiger partial charge in [0.15, 0.2) is 0 Å². The van der Waals surface area contributed by atoms with Crippen LogP contribution >= 0.6 is 0 Å². The molecule has 4 atom stereocenters. The van der Waals surface area contributed by atoms with Crippen LogP contribution in [0.4, 0.5) is 0 Å². The molecule has 0 aliphatic heterocycles. The monoisotopic (exact) mass is 392 g/mol. The molecule has 2 N–H and O–H groups in total. The predicted octanol–water partition coefficient (Wildman–Crippen LogP) is 3.57. The summed E-state index contributed by atoms with van der Waals surface area (Å²) >= 11 is 0. The number of ketones is 1. The van der Waals surface area contributed by atoms with Gasteiger partial charge in [-0.1, -0.05) is 50.7 Å². The molecule has 28 heavy (non-hydrogen) atoms. The predicted molar refractivity (Wildman–Crippen MR) is 109 cm³/mol. The third-order valence-electron chi connectivity index (χ3n) is 5.63. The van der Waals surface area contributed by atoms with E-state index in [2.05, 4.69) is 10.7 Å². The van der Waals surface area contributed by atoms with Crippen molar-refractivity contribution < 1.29 is 24.5 Å². The van der Waals surface area contributed by atoms with Crippen LogP contribution in [0, 0.1) is 24.2 Å². The minimum absolute atomic E-state index is 0.106. The van der Waals surface area contributed by atoms with E-state index in [1.54, 1.807) is 0 Å². The third kappa shape index (κ3) is 8.16. The zero-order valence-corrected chi connectivity index (χ0v) is 17.4. The van der Waals surface area contributed by atoms with E-state index in [1.165, 1.54) is 7.11 Å². The van der Waals surface area contributed by atoms with Crippen LogP contribution in [0.2, 0.25) is 0 Å². The molecule has 5 heteroatoms. The highest BCUT2D eigenvalue weighted by atomic mass is 16.5. The normalized spacial score (nSPS) is 24.2. The first-order chi connectivity index (χ1) is 13.4. The van der Waals surface area contributed by atoms with Crippen LogP contribution < -0.4 is 0 Å². The minimum atomic E-state index is -1.16. The largest absolute Gasteiger partial charge is 0.469 e. The van der Waals surface area contributed by atoms with Crippen molar-refractivity contribution in [2.45, 2.75) is 89.3 Å². The van der Waals surface area contributed by atoms with E-state index < -0.39 is 11.7 Å². The summed E-state index contributed by atoms with van der Waals surface area (Å²) in [5.41, 5.74) is -1.16. The van der Waals surface area contributed by atoms with Crippen LogP contribution in [-0.2, 0) is 14.3 Å². The van der Waals surface area contributed by atoms with E-state index in [9.17, 15) is 19.8 Å². The Kier molecular flexibility index (Phi) is 11.1. The number of hydrogen-bond acceptors (Lipinski definition) is 5. The highest BCUT2D eigenvalue weighted by molar-refractivity contribution is 5.84. The van der Waals surface area contributed by atoms with Gasteiger partial charge >= 0.3 is 5.97 Å². The van der Waals surface area contributed by atoms with Gasteiger partial charge in [-0.15, -0.1) is 6.42 Å². The summed E-state index contributed by atoms with van der Waals surface area (Å²) < 4.78 is 4.62.